The minimum Gasteiger partial charge on any atom is -0.478 e. The standard InChI is InChI=1S/C11H16N2O5/c1-2-8-7-13(5-6-18-8)11(17)12-9(14)3-4-10(15)16/h3-4,8H,2,5-7H2,1H3,(H,15,16)(H,12,14,17)/b4-3+. The van der Waals surface area contributed by atoms with Crippen molar-refractivity contribution in [1.29, 1.82) is 0 Å². The molecule has 18 heavy (non-hydrogen) atoms. The monoisotopic (exact) mass is 256 g/mol. The van der Waals surface area contributed by atoms with E-state index in [0.717, 1.165) is 12.5 Å². The molecule has 1 fully saturated rings. The largest absolute Gasteiger partial charge is 0.478 e. The number of hydrogen-bond donors (Lipinski definition) is 2. The van der Waals surface area contributed by atoms with Crippen LogP contribution >= 0.6 is 0 Å². The first-order valence-corrected chi connectivity index (χ1v) is 5.65. The summed E-state index contributed by atoms with van der Waals surface area (Å²) >= 11 is 0. The van der Waals surface area contributed by atoms with Gasteiger partial charge in [-0.3, -0.25) is 10.1 Å². The van der Waals surface area contributed by atoms with Crippen LogP contribution < -0.4 is 5.32 Å². The molecule has 0 aromatic carbocycles. The highest BCUT2D eigenvalue weighted by Gasteiger charge is 2.23. The van der Waals surface area contributed by atoms with Crippen LogP contribution in [0.15, 0.2) is 12.2 Å². The molecule has 1 rings (SSSR count). The van der Waals surface area contributed by atoms with E-state index in [4.69, 9.17) is 9.84 Å². The molecule has 2 N–H and O–H groups in total. The lowest BCUT2D eigenvalue weighted by molar-refractivity contribution is -0.131. The summed E-state index contributed by atoms with van der Waals surface area (Å²) in [5.74, 6) is -1.99. The van der Waals surface area contributed by atoms with Gasteiger partial charge >= 0.3 is 12.0 Å². The second-order valence-electron chi connectivity index (χ2n) is 3.81. The maximum absolute atomic E-state index is 11.7. The van der Waals surface area contributed by atoms with Crippen molar-refractivity contribution in [2.45, 2.75) is 19.4 Å². The quantitative estimate of drug-likeness (QED) is 0.691. The fourth-order valence-corrected chi connectivity index (χ4v) is 1.52. The van der Waals surface area contributed by atoms with Gasteiger partial charge in [-0.1, -0.05) is 6.92 Å². The zero-order chi connectivity index (χ0) is 13.5. The van der Waals surface area contributed by atoms with E-state index in [1.54, 1.807) is 0 Å². The van der Waals surface area contributed by atoms with Crippen LogP contribution in [-0.2, 0) is 14.3 Å². The van der Waals surface area contributed by atoms with Crippen molar-refractivity contribution in [3.8, 4) is 0 Å². The van der Waals surface area contributed by atoms with E-state index < -0.39 is 17.9 Å². The molecule has 0 saturated carbocycles. The van der Waals surface area contributed by atoms with Gasteiger partial charge in [0.2, 0.25) is 0 Å². The van der Waals surface area contributed by atoms with Crippen LogP contribution in [0.5, 0.6) is 0 Å². The number of nitrogens with one attached hydrogen (secondary N) is 1. The Hall–Kier alpha value is -1.89. The van der Waals surface area contributed by atoms with E-state index >= 15 is 0 Å². The van der Waals surface area contributed by atoms with Gasteiger partial charge in [0.25, 0.3) is 5.91 Å². The van der Waals surface area contributed by atoms with Crippen molar-refractivity contribution < 1.29 is 24.2 Å². The third-order valence-electron chi connectivity index (χ3n) is 2.49. The van der Waals surface area contributed by atoms with E-state index in [-0.39, 0.29) is 6.10 Å². The fraction of sp³-hybridized carbons (Fsp3) is 0.545. The molecule has 1 atom stereocenters. The average Bonchev–Trinajstić information content (AvgIpc) is 2.36. The van der Waals surface area contributed by atoms with Gasteiger partial charge < -0.3 is 14.7 Å². The lowest BCUT2D eigenvalue weighted by Crippen LogP contribution is -2.50. The first-order valence-electron chi connectivity index (χ1n) is 5.65. The Kier molecular flexibility index (Phi) is 5.31. The van der Waals surface area contributed by atoms with Gasteiger partial charge in [0, 0.05) is 25.2 Å². The predicted molar refractivity (Wildman–Crippen MR) is 61.9 cm³/mol. The molecular formula is C11H16N2O5. The van der Waals surface area contributed by atoms with E-state index in [2.05, 4.69) is 5.32 Å². The predicted octanol–water partition coefficient (Wildman–Crippen LogP) is -0.0258. The van der Waals surface area contributed by atoms with Crippen molar-refractivity contribution >= 4 is 17.9 Å². The number of morpholine rings is 1. The highest BCUT2D eigenvalue weighted by atomic mass is 16.5. The molecule has 1 unspecified atom stereocenters. The Morgan fingerprint density at radius 1 is 1.44 bits per heavy atom. The number of ether oxygens (including phenoxy) is 1. The van der Waals surface area contributed by atoms with E-state index in [1.165, 1.54) is 4.90 Å². The van der Waals surface area contributed by atoms with Gasteiger partial charge in [-0.05, 0) is 6.42 Å². The van der Waals surface area contributed by atoms with Gasteiger partial charge in [-0.25, -0.2) is 9.59 Å². The van der Waals surface area contributed by atoms with Crippen molar-refractivity contribution in [3.05, 3.63) is 12.2 Å². The smallest absolute Gasteiger partial charge is 0.328 e. The molecule has 1 heterocycles. The number of carbonyl (C=O) groups excluding carboxylic acids is 2. The van der Waals surface area contributed by atoms with Crippen LogP contribution in [-0.4, -0.2) is 53.7 Å². The van der Waals surface area contributed by atoms with Crippen LogP contribution in [0.25, 0.3) is 0 Å². The maximum atomic E-state index is 11.7. The molecule has 1 saturated heterocycles. The molecule has 3 amide bonds. The number of amides is 3. The molecule has 0 aliphatic carbocycles. The zero-order valence-electron chi connectivity index (χ0n) is 10.1. The molecule has 7 nitrogen and oxygen atoms in total. The Morgan fingerprint density at radius 2 is 2.17 bits per heavy atom. The number of carboxylic acids is 1. The summed E-state index contributed by atoms with van der Waals surface area (Å²) in [6.07, 6.45) is 2.25. The Morgan fingerprint density at radius 3 is 2.78 bits per heavy atom. The molecule has 100 valence electrons. The number of carboxylic acid groups (broad SMARTS) is 1. The van der Waals surface area contributed by atoms with E-state index in [1.807, 2.05) is 6.92 Å². The highest BCUT2D eigenvalue weighted by molar-refractivity contribution is 6.02. The number of rotatable bonds is 3. The number of urea groups is 1. The topological polar surface area (TPSA) is 95.9 Å². The molecule has 1 aliphatic rings. The van der Waals surface area contributed by atoms with Crippen molar-refractivity contribution in [2.24, 2.45) is 0 Å². The maximum Gasteiger partial charge on any atom is 0.328 e. The number of imide groups is 1. The first-order chi connectivity index (χ1) is 8.52. The Labute approximate surface area is 104 Å². The third kappa shape index (κ3) is 4.54. The van der Waals surface area contributed by atoms with Crippen LogP contribution in [0.4, 0.5) is 4.79 Å². The van der Waals surface area contributed by atoms with Crippen molar-refractivity contribution in [2.75, 3.05) is 19.7 Å². The molecule has 0 aromatic heterocycles. The molecule has 7 heteroatoms. The van der Waals surface area contributed by atoms with Gasteiger partial charge in [0.15, 0.2) is 0 Å². The summed E-state index contributed by atoms with van der Waals surface area (Å²) < 4.78 is 5.39. The SMILES string of the molecule is CCC1CN(C(=O)NC(=O)/C=C/C(=O)O)CCO1. The molecule has 0 aromatic rings. The van der Waals surface area contributed by atoms with E-state index in [9.17, 15) is 14.4 Å². The lowest BCUT2D eigenvalue weighted by Gasteiger charge is -2.32. The Bertz CT molecular complexity index is 366. The number of hydrogen-bond acceptors (Lipinski definition) is 4. The van der Waals surface area contributed by atoms with Gasteiger partial charge in [0.1, 0.15) is 0 Å². The summed E-state index contributed by atoms with van der Waals surface area (Å²) in [4.78, 5) is 34.6. The van der Waals surface area contributed by atoms with Gasteiger partial charge in [0.05, 0.1) is 12.7 Å². The van der Waals surface area contributed by atoms with Crippen LogP contribution in [0.3, 0.4) is 0 Å². The second-order valence-corrected chi connectivity index (χ2v) is 3.81. The number of carbonyl (C=O) groups is 3. The average molecular weight is 256 g/mol. The van der Waals surface area contributed by atoms with Gasteiger partial charge in [-0.15, -0.1) is 0 Å². The molecule has 0 bridgehead atoms. The third-order valence-corrected chi connectivity index (χ3v) is 2.49. The fourth-order valence-electron chi connectivity index (χ4n) is 1.52. The number of nitrogens with zero attached hydrogens (tertiary/aromatic N) is 1. The lowest BCUT2D eigenvalue weighted by atomic mass is 10.2. The van der Waals surface area contributed by atoms with Crippen LogP contribution in [0, 0.1) is 0 Å². The summed E-state index contributed by atoms with van der Waals surface area (Å²) in [7, 11) is 0. The normalized spacial score (nSPS) is 19.8. The van der Waals surface area contributed by atoms with Crippen LogP contribution in [0.1, 0.15) is 13.3 Å². The number of aliphatic carboxylic acids is 1. The first kappa shape index (κ1) is 14.2. The molecule has 0 spiro atoms. The molecule has 1 aliphatic heterocycles. The van der Waals surface area contributed by atoms with Crippen molar-refractivity contribution in [3.63, 3.8) is 0 Å². The zero-order valence-corrected chi connectivity index (χ0v) is 10.1. The summed E-state index contributed by atoms with van der Waals surface area (Å²) in [6, 6.07) is -0.531. The molecular weight excluding hydrogens is 240 g/mol. The van der Waals surface area contributed by atoms with Gasteiger partial charge in [-0.2, -0.15) is 0 Å². The highest BCUT2D eigenvalue weighted by Crippen LogP contribution is 2.07. The summed E-state index contributed by atoms with van der Waals surface area (Å²) in [5, 5.41) is 10.4. The second kappa shape index (κ2) is 6.75. The minimum atomic E-state index is -1.24. The van der Waals surface area contributed by atoms with Crippen molar-refractivity contribution in [1.82, 2.24) is 10.2 Å². The van der Waals surface area contributed by atoms with Crippen LogP contribution in [0.2, 0.25) is 0 Å². The van der Waals surface area contributed by atoms with E-state index in [0.29, 0.717) is 25.8 Å². The summed E-state index contributed by atoms with van der Waals surface area (Å²) in [5.41, 5.74) is 0. The molecule has 0 radical (unpaired) electrons. The minimum absolute atomic E-state index is 0.0193. The Balaban J connectivity index is 2.44. The summed E-state index contributed by atoms with van der Waals surface area (Å²) in [6.45, 7) is 3.23.